The van der Waals surface area contributed by atoms with Crippen LogP contribution < -0.4 is 5.73 Å². The lowest BCUT2D eigenvalue weighted by atomic mass is 10.1. The van der Waals surface area contributed by atoms with Gasteiger partial charge in [-0.25, -0.2) is 9.37 Å². The van der Waals surface area contributed by atoms with Gasteiger partial charge in [0.1, 0.15) is 17.3 Å². The van der Waals surface area contributed by atoms with Crippen LogP contribution in [-0.2, 0) is 6.42 Å². The fraction of sp³-hybridized carbons (Fsp3) is 0.308. The first-order valence-electron chi connectivity index (χ1n) is 5.54. The van der Waals surface area contributed by atoms with Crippen molar-refractivity contribution >= 4 is 0 Å². The molecular weight excluding hydrogens is 219 g/mol. The van der Waals surface area contributed by atoms with Gasteiger partial charge in [-0.1, -0.05) is 0 Å². The van der Waals surface area contributed by atoms with Crippen LogP contribution in [0.2, 0.25) is 0 Å². The van der Waals surface area contributed by atoms with E-state index >= 15 is 0 Å². The lowest BCUT2D eigenvalue weighted by Gasteiger charge is -2.00. The lowest BCUT2D eigenvalue weighted by molar-refractivity contribution is 0.473. The summed E-state index contributed by atoms with van der Waals surface area (Å²) in [6.07, 6.45) is 0.612. The van der Waals surface area contributed by atoms with E-state index in [-0.39, 0.29) is 5.82 Å². The highest BCUT2D eigenvalue weighted by atomic mass is 19.1. The summed E-state index contributed by atoms with van der Waals surface area (Å²) in [5.41, 5.74) is 7.68. The first kappa shape index (κ1) is 11.8. The van der Waals surface area contributed by atoms with E-state index in [4.69, 9.17) is 10.2 Å². The number of benzene rings is 1. The Bertz CT molecular complexity index is 534. The summed E-state index contributed by atoms with van der Waals surface area (Å²) in [5.74, 6) is 1.15. The summed E-state index contributed by atoms with van der Waals surface area (Å²) in [6.45, 7) is 4.08. The highest BCUT2D eigenvalue weighted by Crippen LogP contribution is 2.25. The molecule has 0 unspecified atom stereocenters. The van der Waals surface area contributed by atoms with E-state index in [2.05, 4.69) is 4.98 Å². The van der Waals surface area contributed by atoms with Gasteiger partial charge in [0, 0.05) is 18.5 Å². The molecule has 17 heavy (non-hydrogen) atoms. The predicted octanol–water partition coefficient (Wildman–Crippen LogP) is 2.60. The van der Waals surface area contributed by atoms with Gasteiger partial charge in [0.2, 0.25) is 0 Å². The maximum atomic E-state index is 13.2. The maximum Gasteiger partial charge on any atom is 0.196 e. The molecule has 1 aromatic heterocycles. The average Bonchev–Trinajstić information content (AvgIpc) is 2.64. The maximum absolute atomic E-state index is 13.2. The van der Waals surface area contributed by atoms with E-state index in [0.29, 0.717) is 24.4 Å². The molecule has 4 heteroatoms. The molecule has 0 aliphatic heterocycles. The molecule has 0 saturated heterocycles. The van der Waals surface area contributed by atoms with E-state index in [0.717, 1.165) is 17.0 Å². The molecule has 0 fully saturated rings. The molecule has 1 heterocycles. The van der Waals surface area contributed by atoms with E-state index in [1.807, 2.05) is 6.92 Å². The summed E-state index contributed by atoms with van der Waals surface area (Å²) < 4.78 is 18.7. The van der Waals surface area contributed by atoms with Crippen molar-refractivity contribution in [1.29, 1.82) is 0 Å². The summed E-state index contributed by atoms with van der Waals surface area (Å²) >= 11 is 0. The van der Waals surface area contributed by atoms with Crippen LogP contribution in [0.25, 0.3) is 11.3 Å². The van der Waals surface area contributed by atoms with Crippen molar-refractivity contribution in [3.05, 3.63) is 41.2 Å². The molecule has 0 saturated carbocycles. The second-order valence-corrected chi connectivity index (χ2v) is 4.02. The molecule has 0 atom stereocenters. The Labute approximate surface area is 99.5 Å². The molecule has 0 aliphatic rings. The zero-order chi connectivity index (χ0) is 12.4. The third kappa shape index (κ3) is 2.36. The Kier molecular flexibility index (Phi) is 3.24. The molecule has 0 bridgehead atoms. The van der Waals surface area contributed by atoms with Crippen LogP contribution >= 0.6 is 0 Å². The smallest absolute Gasteiger partial charge is 0.196 e. The third-order valence-electron chi connectivity index (χ3n) is 2.63. The molecular formula is C13H15FN2O. The van der Waals surface area contributed by atoms with Crippen molar-refractivity contribution in [2.24, 2.45) is 5.73 Å². The largest absolute Gasteiger partial charge is 0.445 e. The molecule has 2 N–H and O–H groups in total. The second-order valence-electron chi connectivity index (χ2n) is 4.02. The number of rotatable bonds is 3. The van der Waals surface area contributed by atoms with E-state index in [9.17, 15) is 4.39 Å². The lowest BCUT2D eigenvalue weighted by Crippen LogP contribution is -2.02. The first-order valence-corrected chi connectivity index (χ1v) is 5.54. The molecule has 0 aliphatic carbocycles. The SMILES string of the molecule is Cc1cc(-c2nc(CCN)oc2C)ccc1F. The Morgan fingerprint density at radius 2 is 2.12 bits per heavy atom. The van der Waals surface area contributed by atoms with Gasteiger partial charge in [-0.3, -0.25) is 0 Å². The van der Waals surface area contributed by atoms with Crippen molar-refractivity contribution in [1.82, 2.24) is 4.98 Å². The van der Waals surface area contributed by atoms with Gasteiger partial charge in [0.05, 0.1) is 0 Å². The van der Waals surface area contributed by atoms with Crippen molar-refractivity contribution in [3.8, 4) is 11.3 Å². The highest BCUT2D eigenvalue weighted by molar-refractivity contribution is 5.62. The van der Waals surface area contributed by atoms with Gasteiger partial charge < -0.3 is 10.2 Å². The number of oxazole rings is 1. The van der Waals surface area contributed by atoms with Crippen LogP contribution in [0.5, 0.6) is 0 Å². The third-order valence-corrected chi connectivity index (χ3v) is 2.63. The first-order chi connectivity index (χ1) is 8.11. The average molecular weight is 234 g/mol. The predicted molar refractivity (Wildman–Crippen MR) is 64.1 cm³/mol. The number of halogens is 1. The van der Waals surface area contributed by atoms with Crippen LogP contribution in [0.1, 0.15) is 17.2 Å². The minimum atomic E-state index is -0.211. The minimum Gasteiger partial charge on any atom is -0.445 e. The minimum absolute atomic E-state index is 0.211. The van der Waals surface area contributed by atoms with E-state index in [1.165, 1.54) is 6.07 Å². The summed E-state index contributed by atoms with van der Waals surface area (Å²) in [7, 11) is 0. The molecule has 3 nitrogen and oxygen atoms in total. The molecule has 0 radical (unpaired) electrons. The van der Waals surface area contributed by atoms with Gasteiger partial charge in [-0.05, 0) is 37.6 Å². The van der Waals surface area contributed by atoms with Crippen molar-refractivity contribution in [2.75, 3.05) is 6.54 Å². The van der Waals surface area contributed by atoms with Crippen LogP contribution in [0.4, 0.5) is 4.39 Å². The van der Waals surface area contributed by atoms with Gasteiger partial charge >= 0.3 is 0 Å². The molecule has 0 spiro atoms. The molecule has 2 aromatic rings. The second kappa shape index (κ2) is 4.67. The molecule has 90 valence electrons. The zero-order valence-electron chi connectivity index (χ0n) is 9.96. The number of aryl methyl sites for hydroxylation is 2. The molecule has 1 aromatic carbocycles. The van der Waals surface area contributed by atoms with Crippen LogP contribution in [0.15, 0.2) is 22.6 Å². The number of nitrogens with zero attached hydrogens (tertiary/aromatic N) is 1. The van der Waals surface area contributed by atoms with Crippen LogP contribution in [-0.4, -0.2) is 11.5 Å². The summed E-state index contributed by atoms with van der Waals surface area (Å²) in [5, 5.41) is 0. The summed E-state index contributed by atoms with van der Waals surface area (Å²) in [4.78, 5) is 4.37. The topological polar surface area (TPSA) is 52.0 Å². The molecule has 0 amide bonds. The van der Waals surface area contributed by atoms with E-state index in [1.54, 1.807) is 19.1 Å². The Morgan fingerprint density at radius 1 is 1.35 bits per heavy atom. The van der Waals surface area contributed by atoms with Crippen molar-refractivity contribution < 1.29 is 8.81 Å². The standard InChI is InChI=1S/C13H15FN2O/c1-8-7-10(3-4-11(8)14)13-9(2)17-12(16-13)5-6-15/h3-4,7H,5-6,15H2,1-2H3. The van der Waals surface area contributed by atoms with Gasteiger partial charge in [0.15, 0.2) is 5.89 Å². The Balaban J connectivity index is 2.41. The monoisotopic (exact) mass is 234 g/mol. The van der Waals surface area contributed by atoms with Gasteiger partial charge in [0.25, 0.3) is 0 Å². The zero-order valence-corrected chi connectivity index (χ0v) is 9.96. The summed E-state index contributed by atoms with van der Waals surface area (Å²) in [6, 6.07) is 4.92. The molecule has 2 rings (SSSR count). The van der Waals surface area contributed by atoms with Crippen molar-refractivity contribution in [2.45, 2.75) is 20.3 Å². The highest BCUT2D eigenvalue weighted by Gasteiger charge is 2.12. The van der Waals surface area contributed by atoms with Crippen LogP contribution in [0.3, 0.4) is 0 Å². The Hall–Kier alpha value is -1.68. The number of hydrogen-bond acceptors (Lipinski definition) is 3. The fourth-order valence-electron chi connectivity index (χ4n) is 1.74. The number of nitrogens with two attached hydrogens (primary N) is 1. The van der Waals surface area contributed by atoms with Gasteiger partial charge in [-0.2, -0.15) is 0 Å². The van der Waals surface area contributed by atoms with E-state index < -0.39 is 0 Å². The fourth-order valence-corrected chi connectivity index (χ4v) is 1.74. The number of aromatic nitrogens is 1. The van der Waals surface area contributed by atoms with Crippen molar-refractivity contribution in [3.63, 3.8) is 0 Å². The van der Waals surface area contributed by atoms with Gasteiger partial charge in [-0.15, -0.1) is 0 Å². The number of hydrogen-bond donors (Lipinski definition) is 1. The quantitative estimate of drug-likeness (QED) is 0.888. The van der Waals surface area contributed by atoms with Crippen LogP contribution in [0, 0.1) is 19.7 Å². The Morgan fingerprint density at radius 3 is 2.76 bits per heavy atom. The normalized spacial score (nSPS) is 10.8.